The van der Waals surface area contributed by atoms with Gasteiger partial charge in [0.1, 0.15) is 12.4 Å². The number of aromatic nitrogens is 2. The highest BCUT2D eigenvalue weighted by atomic mass is 19.4. The molecule has 0 spiro atoms. The van der Waals surface area contributed by atoms with E-state index in [4.69, 9.17) is 9.94 Å². The second-order valence-electron chi connectivity index (χ2n) is 4.39. The van der Waals surface area contributed by atoms with Crippen molar-refractivity contribution in [2.75, 3.05) is 0 Å². The van der Waals surface area contributed by atoms with E-state index >= 15 is 0 Å². The SMILES string of the molecule is Cn1ccc(OCc2c(OC(F)(F)F)cccc2C(=O)NO)n1. The van der Waals surface area contributed by atoms with E-state index in [1.807, 2.05) is 0 Å². The first kappa shape index (κ1) is 16.6. The molecule has 7 nitrogen and oxygen atoms in total. The summed E-state index contributed by atoms with van der Waals surface area (Å²) >= 11 is 0. The van der Waals surface area contributed by atoms with E-state index in [-0.39, 0.29) is 17.0 Å². The van der Waals surface area contributed by atoms with Crippen LogP contribution in [0.25, 0.3) is 0 Å². The van der Waals surface area contributed by atoms with Crippen LogP contribution in [0, 0.1) is 0 Å². The van der Waals surface area contributed by atoms with E-state index in [2.05, 4.69) is 9.84 Å². The van der Waals surface area contributed by atoms with Crippen molar-refractivity contribution >= 4 is 5.91 Å². The molecule has 1 heterocycles. The Kier molecular flexibility index (Phi) is 4.74. The molecular formula is C13H12F3N3O4. The predicted octanol–water partition coefficient (Wildman–Crippen LogP) is 2.02. The fourth-order valence-electron chi connectivity index (χ4n) is 1.82. The number of carbonyl (C=O) groups excluding carboxylic acids is 1. The molecule has 0 unspecified atom stereocenters. The molecule has 0 aliphatic carbocycles. The Bertz CT molecular complexity index is 700. The normalized spacial score (nSPS) is 11.2. The van der Waals surface area contributed by atoms with Gasteiger partial charge < -0.3 is 9.47 Å². The van der Waals surface area contributed by atoms with Gasteiger partial charge in [0.15, 0.2) is 0 Å². The van der Waals surface area contributed by atoms with Gasteiger partial charge in [0.2, 0.25) is 5.88 Å². The minimum atomic E-state index is -4.94. The molecule has 0 atom stereocenters. The summed E-state index contributed by atoms with van der Waals surface area (Å²) in [6.45, 7) is -0.411. The molecule has 10 heteroatoms. The van der Waals surface area contributed by atoms with Gasteiger partial charge in [-0.3, -0.25) is 14.7 Å². The van der Waals surface area contributed by atoms with Crippen LogP contribution in [-0.4, -0.2) is 27.3 Å². The highest BCUT2D eigenvalue weighted by Gasteiger charge is 2.33. The lowest BCUT2D eigenvalue weighted by atomic mass is 10.1. The Morgan fingerprint density at radius 3 is 2.70 bits per heavy atom. The molecule has 2 aromatic rings. The molecule has 1 aromatic heterocycles. The molecule has 2 rings (SSSR count). The van der Waals surface area contributed by atoms with Crippen molar-refractivity contribution in [2.24, 2.45) is 7.05 Å². The number of rotatable bonds is 5. The molecular weight excluding hydrogens is 319 g/mol. The summed E-state index contributed by atoms with van der Waals surface area (Å²) in [5.41, 5.74) is 0.967. The summed E-state index contributed by atoms with van der Waals surface area (Å²) in [4.78, 5) is 11.6. The zero-order valence-electron chi connectivity index (χ0n) is 11.8. The third kappa shape index (κ3) is 4.36. The summed E-state index contributed by atoms with van der Waals surface area (Å²) in [6, 6.07) is 4.96. The number of carbonyl (C=O) groups is 1. The van der Waals surface area contributed by atoms with Gasteiger partial charge in [-0.1, -0.05) is 6.07 Å². The summed E-state index contributed by atoms with van der Waals surface area (Å²) in [5.74, 6) is -1.43. The number of amides is 1. The second kappa shape index (κ2) is 6.57. The first-order valence-corrected chi connectivity index (χ1v) is 6.24. The summed E-state index contributed by atoms with van der Waals surface area (Å²) in [7, 11) is 1.64. The first-order valence-electron chi connectivity index (χ1n) is 6.24. The number of hydrogen-bond acceptors (Lipinski definition) is 5. The van der Waals surface area contributed by atoms with Crippen LogP contribution in [0.4, 0.5) is 13.2 Å². The van der Waals surface area contributed by atoms with E-state index in [0.717, 1.165) is 6.07 Å². The summed E-state index contributed by atoms with van der Waals surface area (Å²) in [5, 5.41) is 12.6. The van der Waals surface area contributed by atoms with Crippen LogP contribution >= 0.6 is 0 Å². The maximum atomic E-state index is 12.5. The third-order valence-corrected chi connectivity index (χ3v) is 2.76. The molecule has 0 aliphatic heterocycles. The minimum Gasteiger partial charge on any atom is -0.472 e. The minimum absolute atomic E-state index is 0.157. The van der Waals surface area contributed by atoms with Crippen LogP contribution in [0.5, 0.6) is 11.6 Å². The molecule has 0 radical (unpaired) electrons. The van der Waals surface area contributed by atoms with Crippen molar-refractivity contribution in [3.05, 3.63) is 41.6 Å². The molecule has 0 saturated carbocycles. The zero-order valence-corrected chi connectivity index (χ0v) is 11.8. The standard InChI is InChI=1S/C13H12F3N3O4/c1-19-6-5-11(17-19)22-7-9-8(12(20)18-21)3-2-4-10(9)23-13(14,15)16/h2-6,21H,7H2,1H3,(H,18,20). The average Bonchev–Trinajstić information content (AvgIpc) is 2.89. The molecule has 124 valence electrons. The quantitative estimate of drug-likeness (QED) is 0.647. The molecule has 1 amide bonds. The van der Waals surface area contributed by atoms with Crippen molar-refractivity contribution in [1.29, 1.82) is 0 Å². The number of aryl methyl sites for hydroxylation is 1. The number of benzene rings is 1. The number of nitrogens with zero attached hydrogens (tertiary/aromatic N) is 2. The summed E-state index contributed by atoms with van der Waals surface area (Å²) in [6.07, 6.45) is -3.36. The van der Waals surface area contributed by atoms with Crippen molar-refractivity contribution in [1.82, 2.24) is 15.3 Å². The Morgan fingerprint density at radius 2 is 2.13 bits per heavy atom. The van der Waals surface area contributed by atoms with Gasteiger partial charge in [0.25, 0.3) is 5.91 Å². The maximum Gasteiger partial charge on any atom is 0.573 e. The fraction of sp³-hybridized carbons (Fsp3) is 0.231. The molecule has 0 bridgehead atoms. The van der Waals surface area contributed by atoms with Gasteiger partial charge in [0, 0.05) is 24.9 Å². The van der Waals surface area contributed by atoms with Gasteiger partial charge in [-0.15, -0.1) is 18.3 Å². The lowest BCUT2D eigenvalue weighted by Crippen LogP contribution is -2.23. The number of ether oxygens (including phenoxy) is 2. The Morgan fingerprint density at radius 1 is 1.39 bits per heavy atom. The maximum absolute atomic E-state index is 12.5. The van der Waals surface area contributed by atoms with Gasteiger partial charge in [-0.25, -0.2) is 5.48 Å². The van der Waals surface area contributed by atoms with E-state index in [9.17, 15) is 18.0 Å². The lowest BCUT2D eigenvalue weighted by Gasteiger charge is -2.16. The number of alkyl halides is 3. The molecule has 0 saturated heterocycles. The van der Waals surface area contributed by atoms with Crippen LogP contribution in [0.3, 0.4) is 0 Å². The predicted molar refractivity (Wildman–Crippen MR) is 69.9 cm³/mol. The van der Waals surface area contributed by atoms with E-state index in [0.29, 0.717) is 0 Å². The number of nitrogens with one attached hydrogen (secondary N) is 1. The van der Waals surface area contributed by atoms with Gasteiger partial charge in [0.05, 0.1) is 5.56 Å². The zero-order chi connectivity index (χ0) is 17.0. The Balaban J connectivity index is 2.33. The smallest absolute Gasteiger partial charge is 0.472 e. The highest BCUT2D eigenvalue weighted by molar-refractivity contribution is 5.95. The number of hydrogen-bond donors (Lipinski definition) is 2. The second-order valence-corrected chi connectivity index (χ2v) is 4.39. The van der Waals surface area contributed by atoms with Crippen LogP contribution in [0.1, 0.15) is 15.9 Å². The Hall–Kier alpha value is -2.75. The highest BCUT2D eigenvalue weighted by Crippen LogP contribution is 2.29. The molecule has 23 heavy (non-hydrogen) atoms. The van der Waals surface area contributed by atoms with E-state index in [1.54, 1.807) is 13.2 Å². The Labute approximate surface area is 128 Å². The van der Waals surface area contributed by atoms with Crippen LogP contribution < -0.4 is 15.0 Å². The molecule has 0 fully saturated rings. The number of halogens is 3. The molecule has 2 N–H and O–H groups in total. The lowest BCUT2D eigenvalue weighted by molar-refractivity contribution is -0.275. The average molecular weight is 331 g/mol. The largest absolute Gasteiger partial charge is 0.573 e. The van der Waals surface area contributed by atoms with Crippen LogP contribution in [0.15, 0.2) is 30.5 Å². The summed E-state index contributed by atoms with van der Waals surface area (Å²) < 4.78 is 48.0. The van der Waals surface area contributed by atoms with E-state index in [1.165, 1.54) is 28.4 Å². The van der Waals surface area contributed by atoms with Crippen LogP contribution in [-0.2, 0) is 13.7 Å². The van der Waals surface area contributed by atoms with Crippen molar-refractivity contribution in [3.63, 3.8) is 0 Å². The molecule has 1 aromatic carbocycles. The fourth-order valence-corrected chi connectivity index (χ4v) is 1.82. The third-order valence-electron chi connectivity index (χ3n) is 2.76. The topological polar surface area (TPSA) is 85.6 Å². The monoisotopic (exact) mass is 331 g/mol. The van der Waals surface area contributed by atoms with Crippen molar-refractivity contribution in [2.45, 2.75) is 13.0 Å². The van der Waals surface area contributed by atoms with E-state index < -0.39 is 24.6 Å². The number of hydroxylamine groups is 1. The van der Waals surface area contributed by atoms with Crippen molar-refractivity contribution in [3.8, 4) is 11.6 Å². The van der Waals surface area contributed by atoms with Gasteiger partial charge >= 0.3 is 6.36 Å². The van der Waals surface area contributed by atoms with Gasteiger partial charge in [-0.2, -0.15) is 0 Å². The van der Waals surface area contributed by atoms with Crippen molar-refractivity contribution < 1.29 is 32.6 Å². The van der Waals surface area contributed by atoms with Crippen LogP contribution in [0.2, 0.25) is 0 Å². The molecule has 0 aliphatic rings. The van der Waals surface area contributed by atoms with Gasteiger partial charge in [-0.05, 0) is 12.1 Å². The first-order chi connectivity index (χ1) is 10.8.